The zero-order valence-corrected chi connectivity index (χ0v) is 8.83. The molecular formula is C10H12ClF2N. The maximum atomic E-state index is 13.4. The van der Waals surface area contributed by atoms with Gasteiger partial charge in [-0.3, -0.25) is 0 Å². The summed E-state index contributed by atoms with van der Waals surface area (Å²) in [6.45, 7) is 3.54. The van der Waals surface area contributed by atoms with E-state index in [4.69, 9.17) is 17.3 Å². The fourth-order valence-electron chi connectivity index (χ4n) is 1.19. The number of rotatable bonds is 2. The minimum absolute atomic E-state index is 0.318. The van der Waals surface area contributed by atoms with Gasteiger partial charge < -0.3 is 5.73 Å². The van der Waals surface area contributed by atoms with Crippen LogP contribution in [0.5, 0.6) is 0 Å². The first-order chi connectivity index (χ1) is 6.31. The molecule has 0 bridgehead atoms. The lowest BCUT2D eigenvalue weighted by molar-refractivity contribution is 0.493. The normalized spacial score (nSPS) is 11.9. The second-order valence-electron chi connectivity index (χ2n) is 4.00. The number of hydrogen-bond acceptors (Lipinski definition) is 1. The molecule has 0 saturated heterocycles. The van der Waals surface area contributed by atoms with Crippen molar-refractivity contribution in [2.45, 2.75) is 25.8 Å². The summed E-state index contributed by atoms with van der Waals surface area (Å²) in [7, 11) is 0. The quantitative estimate of drug-likeness (QED) is 0.761. The van der Waals surface area contributed by atoms with Crippen LogP contribution in [0.1, 0.15) is 19.4 Å². The van der Waals surface area contributed by atoms with Crippen molar-refractivity contribution in [1.29, 1.82) is 0 Å². The van der Waals surface area contributed by atoms with Crippen molar-refractivity contribution in [2.75, 3.05) is 0 Å². The van der Waals surface area contributed by atoms with Gasteiger partial charge in [0.05, 0.1) is 0 Å². The Bertz CT molecular complexity index is 345. The van der Waals surface area contributed by atoms with Gasteiger partial charge in [0.25, 0.3) is 0 Å². The summed E-state index contributed by atoms with van der Waals surface area (Å²) >= 11 is 5.42. The number of nitrogens with two attached hydrogens (primary N) is 1. The number of hydrogen-bond donors (Lipinski definition) is 1. The molecule has 14 heavy (non-hydrogen) atoms. The Hall–Kier alpha value is -0.670. The predicted molar refractivity (Wildman–Crippen MR) is 53.3 cm³/mol. The van der Waals surface area contributed by atoms with Gasteiger partial charge >= 0.3 is 0 Å². The highest BCUT2D eigenvalue weighted by Crippen LogP contribution is 2.23. The van der Waals surface area contributed by atoms with E-state index in [0.29, 0.717) is 12.0 Å². The SMILES string of the molecule is CC(C)(N)Cc1ccc(F)c(Cl)c1F. The first-order valence-electron chi connectivity index (χ1n) is 4.22. The Morgan fingerprint density at radius 3 is 2.43 bits per heavy atom. The van der Waals surface area contributed by atoms with Crippen molar-refractivity contribution in [3.8, 4) is 0 Å². The van der Waals surface area contributed by atoms with E-state index in [-0.39, 0.29) is 0 Å². The van der Waals surface area contributed by atoms with E-state index >= 15 is 0 Å². The summed E-state index contributed by atoms with van der Waals surface area (Å²) in [5, 5.41) is -0.466. The molecule has 78 valence electrons. The van der Waals surface area contributed by atoms with Gasteiger partial charge in [0.2, 0.25) is 0 Å². The molecule has 0 aliphatic rings. The molecule has 1 aromatic carbocycles. The van der Waals surface area contributed by atoms with Gasteiger partial charge in [-0.15, -0.1) is 0 Å². The van der Waals surface area contributed by atoms with Crippen LogP contribution in [0.3, 0.4) is 0 Å². The second-order valence-corrected chi connectivity index (χ2v) is 4.38. The monoisotopic (exact) mass is 219 g/mol. The Morgan fingerprint density at radius 1 is 1.36 bits per heavy atom. The smallest absolute Gasteiger partial charge is 0.148 e. The lowest BCUT2D eigenvalue weighted by atomic mass is 9.96. The van der Waals surface area contributed by atoms with Crippen LogP contribution < -0.4 is 5.73 Å². The van der Waals surface area contributed by atoms with Crippen molar-refractivity contribution in [1.82, 2.24) is 0 Å². The van der Waals surface area contributed by atoms with E-state index < -0.39 is 22.2 Å². The Morgan fingerprint density at radius 2 is 1.93 bits per heavy atom. The molecule has 0 aliphatic carbocycles. The van der Waals surface area contributed by atoms with E-state index in [1.807, 2.05) is 0 Å². The average molecular weight is 220 g/mol. The molecule has 1 rings (SSSR count). The van der Waals surface area contributed by atoms with Gasteiger partial charge in [0.15, 0.2) is 0 Å². The number of benzene rings is 1. The van der Waals surface area contributed by atoms with Gasteiger partial charge in [-0.05, 0) is 31.9 Å². The van der Waals surface area contributed by atoms with Crippen LogP contribution in [0, 0.1) is 11.6 Å². The molecule has 4 heteroatoms. The molecule has 0 atom stereocenters. The van der Waals surface area contributed by atoms with E-state index in [0.717, 1.165) is 6.07 Å². The Kier molecular flexibility index (Phi) is 3.12. The molecule has 0 unspecified atom stereocenters. The van der Waals surface area contributed by atoms with Crippen LogP contribution in [-0.4, -0.2) is 5.54 Å². The minimum atomic E-state index is -0.747. The summed E-state index contributed by atoms with van der Waals surface area (Å²) < 4.78 is 26.2. The van der Waals surface area contributed by atoms with Crippen molar-refractivity contribution in [3.63, 3.8) is 0 Å². The first-order valence-corrected chi connectivity index (χ1v) is 4.60. The van der Waals surface area contributed by atoms with E-state index in [9.17, 15) is 8.78 Å². The van der Waals surface area contributed by atoms with Crippen molar-refractivity contribution in [2.24, 2.45) is 5.73 Å². The van der Waals surface area contributed by atoms with E-state index in [1.165, 1.54) is 6.07 Å². The molecule has 0 fully saturated rings. The maximum absolute atomic E-state index is 13.4. The molecular weight excluding hydrogens is 208 g/mol. The first kappa shape index (κ1) is 11.4. The molecule has 2 N–H and O–H groups in total. The molecule has 0 saturated carbocycles. The third-order valence-electron chi connectivity index (χ3n) is 1.76. The molecule has 0 heterocycles. The van der Waals surface area contributed by atoms with Gasteiger partial charge in [-0.25, -0.2) is 8.78 Å². The van der Waals surface area contributed by atoms with E-state index in [2.05, 4.69) is 0 Å². The van der Waals surface area contributed by atoms with Crippen molar-refractivity contribution in [3.05, 3.63) is 34.4 Å². The standard InChI is InChI=1S/C10H12ClF2N/c1-10(2,14)5-6-3-4-7(12)8(11)9(6)13/h3-4H,5,14H2,1-2H3. The highest BCUT2D eigenvalue weighted by atomic mass is 35.5. The fourth-order valence-corrected chi connectivity index (χ4v) is 1.38. The largest absolute Gasteiger partial charge is 0.325 e. The molecule has 0 amide bonds. The minimum Gasteiger partial charge on any atom is -0.325 e. The lowest BCUT2D eigenvalue weighted by Gasteiger charge is -2.18. The third kappa shape index (κ3) is 2.66. The van der Waals surface area contributed by atoms with Crippen LogP contribution in [-0.2, 0) is 6.42 Å². The van der Waals surface area contributed by atoms with Gasteiger partial charge in [0.1, 0.15) is 16.7 Å². The zero-order chi connectivity index (χ0) is 10.9. The molecule has 0 aliphatic heterocycles. The number of halogens is 3. The van der Waals surface area contributed by atoms with Crippen LogP contribution in [0.25, 0.3) is 0 Å². The zero-order valence-electron chi connectivity index (χ0n) is 8.07. The van der Waals surface area contributed by atoms with Gasteiger partial charge in [0, 0.05) is 5.54 Å². The maximum Gasteiger partial charge on any atom is 0.148 e. The van der Waals surface area contributed by atoms with Crippen LogP contribution >= 0.6 is 11.6 Å². The molecule has 1 nitrogen and oxygen atoms in total. The van der Waals surface area contributed by atoms with Crippen molar-refractivity contribution < 1.29 is 8.78 Å². The van der Waals surface area contributed by atoms with Crippen LogP contribution in [0.4, 0.5) is 8.78 Å². The Balaban J connectivity index is 3.06. The fraction of sp³-hybridized carbons (Fsp3) is 0.400. The topological polar surface area (TPSA) is 26.0 Å². The van der Waals surface area contributed by atoms with Gasteiger partial charge in [-0.2, -0.15) is 0 Å². The second kappa shape index (κ2) is 3.83. The van der Waals surface area contributed by atoms with E-state index in [1.54, 1.807) is 13.8 Å². The third-order valence-corrected chi connectivity index (χ3v) is 2.11. The van der Waals surface area contributed by atoms with Crippen LogP contribution in [0.15, 0.2) is 12.1 Å². The van der Waals surface area contributed by atoms with Crippen LogP contribution in [0.2, 0.25) is 5.02 Å². The summed E-state index contributed by atoms with van der Waals surface area (Å²) in [5.74, 6) is -1.46. The molecule has 0 radical (unpaired) electrons. The van der Waals surface area contributed by atoms with Gasteiger partial charge in [-0.1, -0.05) is 17.7 Å². The molecule has 0 aromatic heterocycles. The Labute approximate surface area is 86.9 Å². The average Bonchev–Trinajstić information content (AvgIpc) is 2.04. The summed E-state index contributed by atoms with van der Waals surface area (Å²) in [5.41, 5.74) is 5.52. The summed E-state index contributed by atoms with van der Waals surface area (Å²) in [4.78, 5) is 0. The summed E-state index contributed by atoms with van der Waals surface area (Å²) in [6, 6.07) is 2.51. The molecule has 0 spiro atoms. The summed E-state index contributed by atoms with van der Waals surface area (Å²) in [6.07, 6.45) is 0.318. The van der Waals surface area contributed by atoms with Crippen molar-refractivity contribution >= 4 is 11.6 Å². The molecule has 1 aromatic rings. The predicted octanol–water partition coefficient (Wildman–Crippen LogP) is 2.90. The lowest BCUT2D eigenvalue weighted by Crippen LogP contribution is -2.34. The highest BCUT2D eigenvalue weighted by molar-refractivity contribution is 6.30. The highest BCUT2D eigenvalue weighted by Gasteiger charge is 2.17.